The Morgan fingerprint density at radius 3 is 2.55 bits per heavy atom. The lowest BCUT2D eigenvalue weighted by Crippen LogP contribution is -2.33. The molecule has 1 aliphatic carbocycles. The zero-order valence-corrected chi connectivity index (χ0v) is 7.59. The molecule has 0 aromatic heterocycles. The van der Waals surface area contributed by atoms with Gasteiger partial charge in [0, 0.05) is 5.41 Å². The molecule has 0 spiro atoms. The van der Waals surface area contributed by atoms with Crippen LogP contribution in [-0.2, 0) is 0 Å². The van der Waals surface area contributed by atoms with E-state index < -0.39 is 0 Å². The summed E-state index contributed by atoms with van der Waals surface area (Å²) < 4.78 is 0. The summed E-state index contributed by atoms with van der Waals surface area (Å²) in [6, 6.07) is 0. The first kappa shape index (κ1) is 8.57. The second kappa shape index (κ2) is 2.84. The Bertz CT molecular complexity index is 172. The SMILES string of the molecule is CC1CCCC(C)(C)C1=NO. The van der Waals surface area contributed by atoms with Gasteiger partial charge in [-0.25, -0.2) is 0 Å². The minimum Gasteiger partial charge on any atom is -0.411 e. The Morgan fingerprint density at radius 2 is 2.18 bits per heavy atom. The van der Waals surface area contributed by atoms with Crippen LogP contribution in [0.2, 0.25) is 0 Å². The molecule has 0 radical (unpaired) electrons. The largest absolute Gasteiger partial charge is 0.411 e. The number of hydrogen-bond acceptors (Lipinski definition) is 2. The normalized spacial score (nSPS) is 34.1. The van der Waals surface area contributed by atoms with E-state index in [1.807, 2.05) is 0 Å². The van der Waals surface area contributed by atoms with Gasteiger partial charge in [0.25, 0.3) is 0 Å². The smallest absolute Gasteiger partial charge is 0.0654 e. The molecule has 2 heteroatoms. The molecule has 0 aliphatic heterocycles. The number of nitrogens with zero attached hydrogens (tertiary/aromatic N) is 1. The summed E-state index contributed by atoms with van der Waals surface area (Å²) in [5.41, 5.74) is 1.09. The van der Waals surface area contributed by atoms with Crippen LogP contribution in [0.5, 0.6) is 0 Å². The maximum absolute atomic E-state index is 8.79. The van der Waals surface area contributed by atoms with E-state index in [2.05, 4.69) is 25.9 Å². The van der Waals surface area contributed by atoms with Crippen LogP contribution in [0.3, 0.4) is 0 Å². The molecule has 64 valence electrons. The van der Waals surface area contributed by atoms with Crippen LogP contribution in [-0.4, -0.2) is 10.9 Å². The van der Waals surface area contributed by atoms with Gasteiger partial charge in [0.15, 0.2) is 0 Å². The van der Waals surface area contributed by atoms with Gasteiger partial charge in [0.2, 0.25) is 0 Å². The predicted octanol–water partition coefficient (Wildman–Crippen LogP) is 2.66. The van der Waals surface area contributed by atoms with Crippen LogP contribution in [0, 0.1) is 11.3 Å². The zero-order valence-electron chi connectivity index (χ0n) is 7.59. The highest BCUT2D eigenvalue weighted by Crippen LogP contribution is 2.35. The molecule has 1 saturated carbocycles. The lowest BCUT2D eigenvalue weighted by molar-refractivity contribution is 0.285. The van der Waals surface area contributed by atoms with E-state index in [4.69, 9.17) is 5.21 Å². The van der Waals surface area contributed by atoms with Gasteiger partial charge in [-0.05, 0) is 18.8 Å². The maximum Gasteiger partial charge on any atom is 0.0654 e. The molecule has 0 saturated heterocycles. The topological polar surface area (TPSA) is 32.6 Å². The molecule has 0 aromatic carbocycles. The van der Waals surface area contributed by atoms with E-state index in [1.165, 1.54) is 12.8 Å². The van der Waals surface area contributed by atoms with Crippen molar-refractivity contribution in [3.05, 3.63) is 0 Å². The van der Waals surface area contributed by atoms with E-state index >= 15 is 0 Å². The third-order valence-corrected chi connectivity index (χ3v) is 2.71. The van der Waals surface area contributed by atoms with Gasteiger partial charge in [-0.2, -0.15) is 0 Å². The van der Waals surface area contributed by atoms with Gasteiger partial charge in [-0.15, -0.1) is 0 Å². The standard InChI is InChI=1S/C9H17NO/c1-7-5-4-6-9(2,3)8(7)10-11/h7,11H,4-6H2,1-3H3. The van der Waals surface area contributed by atoms with Crippen molar-refractivity contribution < 1.29 is 5.21 Å². The molecule has 1 aliphatic rings. The molecule has 1 N–H and O–H groups in total. The lowest BCUT2D eigenvalue weighted by Gasteiger charge is -2.34. The molecular formula is C9H17NO. The van der Waals surface area contributed by atoms with E-state index in [-0.39, 0.29) is 5.41 Å². The van der Waals surface area contributed by atoms with Crippen molar-refractivity contribution in [2.75, 3.05) is 0 Å². The van der Waals surface area contributed by atoms with Crippen LogP contribution in [0.25, 0.3) is 0 Å². The van der Waals surface area contributed by atoms with Crippen molar-refractivity contribution >= 4 is 5.71 Å². The van der Waals surface area contributed by atoms with Crippen LogP contribution >= 0.6 is 0 Å². The van der Waals surface area contributed by atoms with Crippen molar-refractivity contribution in [2.45, 2.75) is 40.0 Å². The molecule has 0 amide bonds. The average Bonchev–Trinajstić information content (AvgIpc) is 1.86. The second-order valence-electron chi connectivity index (χ2n) is 4.16. The summed E-state index contributed by atoms with van der Waals surface area (Å²) in [6.45, 7) is 6.44. The second-order valence-corrected chi connectivity index (χ2v) is 4.16. The van der Waals surface area contributed by atoms with Crippen molar-refractivity contribution in [2.24, 2.45) is 16.5 Å². The summed E-state index contributed by atoms with van der Waals surface area (Å²) in [7, 11) is 0. The highest BCUT2D eigenvalue weighted by atomic mass is 16.4. The lowest BCUT2D eigenvalue weighted by atomic mass is 9.71. The first-order valence-corrected chi connectivity index (χ1v) is 4.30. The van der Waals surface area contributed by atoms with E-state index in [0.717, 1.165) is 12.1 Å². The number of rotatable bonds is 0. The fourth-order valence-electron chi connectivity index (χ4n) is 2.02. The van der Waals surface area contributed by atoms with Crippen molar-refractivity contribution in [1.29, 1.82) is 0 Å². The Labute approximate surface area is 68.3 Å². The quantitative estimate of drug-likeness (QED) is 0.423. The number of oxime groups is 1. The van der Waals surface area contributed by atoms with Crippen molar-refractivity contribution in [1.82, 2.24) is 0 Å². The fourth-order valence-corrected chi connectivity index (χ4v) is 2.02. The Kier molecular flexibility index (Phi) is 2.21. The van der Waals surface area contributed by atoms with E-state index in [0.29, 0.717) is 5.92 Å². The van der Waals surface area contributed by atoms with E-state index in [1.54, 1.807) is 0 Å². The summed E-state index contributed by atoms with van der Waals surface area (Å²) in [6.07, 6.45) is 3.58. The summed E-state index contributed by atoms with van der Waals surface area (Å²) in [5.74, 6) is 0.462. The Balaban J connectivity index is 2.82. The molecule has 0 heterocycles. The molecule has 11 heavy (non-hydrogen) atoms. The minimum atomic E-state index is 0.117. The molecular weight excluding hydrogens is 138 g/mol. The maximum atomic E-state index is 8.79. The van der Waals surface area contributed by atoms with Gasteiger partial charge in [0.05, 0.1) is 5.71 Å². The monoisotopic (exact) mass is 155 g/mol. The highest BCUT2D eigenvalue weighted by molar-refractivity contribution is 5.91. The van der Waals surface area contributed by atoms with Crippen molar-refractivity contribution in [3.63, 3.8) is 0 Å². The van der Waals surface area contributed by atoms with Gasteiger partial charge >= 0.3 is 0 Å². The third kappa shape index (κ3) is 1.55. The molecule has 1 unspecified atom stereocenters. The average molecular weight is 155 g/mol. The fraction of sp³-hybridized carbons (Fsp3) is 0.889. The van der Waals surface area contributed by atoms with Crippen LogP contribution < -0.4 is 0 Å². The van der Waals surface area contributed by atoms with Gasteiger partial charge in [0.1, 0.15) is 0 Å². The summed E-state index contributed by atoms with van der Waals surface area (Å²) in [4.78, 5) is 0. The zero-order chi connectivity index (χ0) is 8.48. The molecule has 1 fully saturated rings. The number of hydrogen-bond donors (Lipinski definition) is 1. The van der Waals surface area contributed by atoms with Crippen molar-refractivity contribution in [3.8, 4) is 0 Å². The Hall–Kier alpha value is -0.530. The molecule has 1 rings (SSSR count). The van der Waals surface area contributed by atoms with Gasteiger partial charge in [-0.3, -0.25) is 0 Å². The molecule has 1 atom stereocenters. The summed E-state index contributed by atoms with van der Waals surface area (Å²) >= 11 is 0. The van der Waals surface area contributed by atoms with Crippen LogP contribution in [0.1, 0.15) is 40.0 Å². The summed E-state index contributed by atoms with van der Waals surface area (Å²) in [5, 5.41) is 12.2. The van der Waals surface area contributed by atoms with Crippen LogP contribution in [0.4, 0.5) is 0 Å². The van der Waals surface area contributed by atoms with Gasteiger partial charge < -0.3 is 5.21 Å². The predicted molar refractivity (Wildman–Crippen MR) is 46.0 cm³/mol. The van der Waals surface area contributed by atoms with E-state index in [9.17, 15) is 0 Å². The minimum absolute atomic E-state index is 0.117. The Morgan fingerprint density at radius 1 is 1.55 bits per heavy atom. The highest BCUT2D eigenvalue weighted by Gasteiger charge is 2.33. The van der Waals surface area contributed by atoms with Gasteiger partial charge in [-0.1, -0.05) is 32.3 Å². The molecule has 0 bridgehead atoms. The first-order chi connectivity index (χ1) is 5.08. The molecule has 2 nitrogen and oxygen atoms in total. The third-order valence-electron chi connectivity index (χ3n) is 2.71. The first-order valence-electron chi connectivity index (χ1n) is 4.30. The van der Waals surface area contributed by atoms with Crippen LogP contribution in [0.15, 0.2) is 5.16 Å². The molecule has 0 aromatic rings.